The second-order valence-electron chi connectivity index (χ2n) is 3.90. The summed E-state index contributed by atoms with van der Waals surface area (Å²) in [5.41, 5.74) is 6.83. The molecule has 0 saturated heterocycles. The van der Waals surface area contributed by atoms with Crippen molar-refractivity contribution in [1.29, 1.82) is 5.26 Å². The van der Waals surface area contributed by atoms with E-state index in [1.807, 2.05) is 0 Å². The van der Waals surface area contributed by atoms with Gasteiger partial charge in [-0.3, -0.25) is 0 Å². The van der Waals surface area contributed by atoms with Gasteiger partial charge in [0.1, 0.15) is 17.4 Å². The summed E-state index contributed by atoms with van der Waals surface area (Å²) in [6, 6.07) is 8.85. The van der Waals surface area contributed by atoms with Crippen molar-refractivity contribution in [2.75, 3.05) is 30.5 Å². The van der Waals surface area contributed by atoms with Crippen LogP contribution in [-0.4, -0.2) is 24.1 Å². The lowest BCUT2D eigenvalue weighted by atomic mass is 10.2. The Kier molecular flexibility index (Phi) is 3.86. The molecule has 0 radical (unpaired) electrons. The smallest absolute Gasteiger partial charge is 0.223 e. The van der Waals surface area contributed by atoms with Crippen LogP contribution in [0.25, 0.3) is 0 Å². The molecule has 0 saturated carbocycles. The molecule has 7 nitrogen and oxygen atoms in total. The summed E-state index contributed by atoms with van der Waals surface area (Å²) in [5, 5.41) is 14.9. The molecule has 0 fully saturated rings. The van der Waals surface area contributed by atoms with E-state index in [1.165, 1.54) is 7.11 Å². The van der Waals surface area contributed by atoms with Crippen LogP contribution in [0.2, 0.25) is 0 Å². The second kappa shape index (κ2) is 5.75. The number of nitrogens with two attached hydrogens (primary N) is 1. The normalized spacial score (nSPS) is 9.65. The van der Waals surface area contributed by atoms with Gasteiger partial charge in [-0.1, -0.05) is 0 Å². The Hall–Kier alpha value is -3.01. The molecular formula is C13H14N6O. The van der Waals surface area contributed by atoms with Crippen molar-refractivity contribution >= 4 is 23.3 Å². The van der Waals surface area contributed by atoms with E-state index < -0.39 is 0 Å². The molecule has 0 spiro atoms. The van der Waals surface area contributed by atoms with Gasteiger partial charge in [0.05, 0.1) is 24.4 Å². The van der Waals surface area contributed by atoms with E-state index in [0.717, 1.165) is 0 Å². The third-order valence-electron chi connectivity index (χ3n) is 2.59. The summed E-state index contributed by atoms with van der Waals surface area (Å²) >= 11 is 0. The van der Waals surface area contributed by atoms with Gasteiger partial charge in [0.15, 0.2) is 0 Å². The largest absolute Gasteiger partial charge is 0.495 e. The van der Waals surface area contributed by atoms with Crippen LogP contribution >= 0.6 is 0 Å². The quantitative estimate of drug-likeness (QED) is 0.776. The maximum atomic E-state index is 8.87. The van der Waals surface area contributed by atoms with Crippen LogP contribution < -0.4 is 21.1 Å². The summed E-state index contributed by atoms with van der Waals surface area (Å²) < 4.78 is 5.24. The minimum absolute atomic E-state index is 0.159. The zero-order valence-corrected chi connectivity index (χ0v) is 11.1. The predicted octanol–water partition coefficient (Wildman–Crippen LogP) is 1.72. The van der Waals surface area contributed by atoms with Crippen molar-refractivity contribution in [2.24, 2.45) is 0 Å². The van der Waals surface area contributed by atoms with Crippen LogP contribution in [0, 0.1) is 11.3 Å². The molecular weight excluding hydrogens is 256 g/mol. The summed E-state index contributed by atoms with van der Waals surface area (Å²) in [6.45, 7) is 0. The first-order valence-electron chi connectivity index (χ1n) is 5.83. The van der Waals surface area contributed by atoms with Crippen molar-refractivity contribution in [3.8, 4) is 11.8 Å². The summed E-state index contributed by atoms with van der Waals surface area (Å²) in [4.78, 5) is 8.10. The van der Waals surface area contributed by atoms with E-state index in [-0.39, 0.29) is 5.95 Å². The highest BCUT2D eigenvalue weighted by Crippen LogP contribution is 2.28. The van der Waals surface area contributed by atoms with Crippen molar-refractivity contribution in [3.63, 3.8) is 0 Å². The molecule has 0 aliphatic heterocycles. The fourth-order valence-corrected chi connectivity index (χ4v) is 1.66. The Morgan fingerprint density at radius 2 is 2.00 bits per heavy atom. The number of hydrogen-bond acceptors (Lipinski definition) is 7. The van der Waals surface area contributed by atoms with Gasteiger partial charge >= 0.3 is 0 Å². The van der Waals surface area contributed by atoms with E-state index in [2.05, 4.69) is 26.7 Å². The van der Waals surface area contributed by atoms with Gasteiger partial charge in [0, 0.05) is 19.2 Å². The Labute approximate surface area is 116 Å². The summed E-state index contributed by atoms with van der Waals surface area (Å²) in [6.07, 6.45) is 0. The lowest BCUT2D eigenvalue weighted by molar-refractivity contribution is 0.416. The third kappa shape index (κ3) is 2.87. The maximum absolute atomic E-state index is 8.87. The van der Waals surface area contributed by atoms with E-state index in [9.17, 15) is 0 Å². The van der Waals surface area contributed by atoms with Crippen LogP contribution in [0.5, 0.6) is 5.75 Å². The van der Waals surface area contributed by atoms with Gasteiger partial charge in [0.2, 0.25) is 5.95 Å². The van der Waals surface area contributed by atoms with Crippen LogP contribution in [0.4, 0.5) is 23.3 Å². The molecule has 1 aromatic heterocycles. The molecule has 1 heterocycles. The number of methoxy groups -OCH3 is 1. The highest BCUT2D eigenvalue weighted by molar-refractivity contribution is 5.67. The minimum atomic E-state index is 0.159. The maximum Gasteiger partial charge on any atom is 0.223 e. The van der Waals surface area contributed by atoms with Gasteiger partial charge < -0.3 is 21.1 Å². The number of benzene rings is 1. The van der Waals surface area contributed by atoms with E-state index in [0.29, 0.717) is 28.6 Å². The van der Waals surface area contributed by atoms with E-state index in [1.54, 1.807) is 31.3 Å². The molecule has 4 N–H and O–H groups in total. The van der Waals surface area contributed by atoms with Crippen molar-refractivity contribution in [3.05, 3.63) is 29.8 Å². The number of nitriles is 1. The highest BCUT2D eigenvalue weighted by atomic mass is 16.5. The van der Waals surface area contributed by atoms with Crippen LogP contribution in [0.3, 0.4) is 0 Å². The van der Waals surface area contributed by atoms with Crippen molar-refractivity contribution in [1.82, 2.24) is 9.97 Å². The molecule has 7 heteroatoms. The van der Waals surface area contributed by atoms with Crippen molar-refractivity contribution < 1.29 is 4.74 Å². The lowest BCUT2D eigenvalue weighted by Gasteiger charge is -2.11. The zero-order chi connectivity index (χ0) is 14.5. The molecule has 2 rings (SSSR count). The fourth-order valence-electron chi connectivity index (χ4n) is 1.66. The van der Waals surface area contributed by atoms with Crippen molar-refractivity contribution in [2.45, 2.75) is 0 Å². The number of nitrogens with zero attached hydrogens (tertiary/aromatic N) is 3. The minimum Gasteiger partial charge on any atom is -0.495 e. The number of hydrogen-bond donors (Lipinski definition) is 3. The molecule has 0 unspecified atom stereocenters. The molecule has 0 amide bonds. The first kappa shape index (κ1) is 13.4. The number of anilines is 4. The SMILES string of the molecule is CNc1cc(Nc2ccc(C#N)cc2OC)nc(N)n1. The summed E-state index contributed by atoms with van der Waals surface area (Å²) in [5.74, 6) is 1.84. The lowest BCUT2D eigenvalue weighted by Crippen LogP contribution is -2.04. The van der Waals surface area contributed by atoms with Gasteiger partial charge in [0.25, 0.3) is 0 Å². The number of aromatic nitrogens is 2. The molecule has 20 heavy (non-hydrogen) atoms. The predicted molar refractivity (Wildman–Crippen MR) is 77.0 cm³/mol. The first-order valence-corrected chi connectivity index (χ1v) is 5.83. The average molecular weight is 270 g/mol. The van der Waals surface area contributed by atoms with Gasteiger partial charge in [-0.25, -0.2) is 0 Å². The van der Waals surface area contributed by atoms with Crippen LogP contribution in [0.1, 0.15) is 5.56 Å². The molecule has 0 aliphatic carbocycles. The average Bonchev–Trinajstić information content (AvgIpc) is 2.47. The number of nitrogens with one attached hydrogen (secondary N) is 2. The van der Waals surface area contributed by atoms with E-state index >= 15 is 0 Å². The van der Waals surface area contributed by atoms with Crippen LogP contribution in [-0.2, 0) is 0 Å². The second-order valence-corrected chi connectivity index (χ2v) is 3.90. The molecule has 0 atom stereocenters. The van der Waals surface area contributed by atoms with Gasteiger partial charge in [-0.15, -0.1) is 0 Å². The first-order chi connectivity index (χ1) is 9.66. The third-order valence-corrected chi connectivity index (χ3v) is 2.59. The zero-order valence-electron chi connectivity index (χ0n) is 11.1. The Morgan fingerprint density at radius 3 is 2.65 bits per heavy atom. The Bertz CT molecular complexity index is 664. The molecule has 1 aromatic carbocycles. The molecule has 0 aliphatic rings. The Balaban J connectivity index is 2.34. The highest BCUT2D eigenvalue weighted by Gasteiger charge is 2.07. The Morgan fingerprint density at radius 1 is 1.25 bits per heavy atom. The topological polar surface area (TPSA) is 109 Å². The number of ether oxygens (including phenoxy) is 1. The standard InChI is InChI=1S/C13H14N6O/c1-16-11-6-12(19-13(15)18-11)17-9-4-3-8(7-14)5-10(9)20-2/h3-6H,1-2H3,(H4,15,16,17,18,19). The molecule has 0 bridgehead atoms. The number of nitrogen functional groups attached to an aromatic ring is 1. The van der Waals surface area contributed by atoms with Crippen LogP contribution in [0.15, 0.2) is 24.3 Å². The fraction of sp³-hybridized carbons (Fsp3) is 0.154. The van der Waals surface area contributed by atoms with E-state index in [4.69, 9.17) is 15.7 Å². The van der Waals surface area contributed by atoms with Gasteiger partial charge in [-0.05, 0) is 12.1 Å². The van der Waals surface area contributed by atoms with Gasteiger partial charge in [-0.2, -0.15) is 15.2 Å². The molecule has 2 aromatic rings. The number of rotatable bonds is 4. The monoisotopic (exact) mass is 270 g/mol. The molecule has 102 valence electrons. The summed E-state index contributed by atoms with van der Waals surface area (Å²) in [7, 11) is 3.28.